The summed E-state index contributed by atoms with van der Waals surface area (Å²) in [6, 6.07) is 7.27. The number of Topliss-reactive ketones (excluding diaryl/α,β-unsaturated/α-hetero) is 1. The Labute approximate surface area is 270 Å². The number of aliphatic imine (C=N–C) groups is 1. The van der Waals surface area contributed by atoms with Gasteiger partial charge in [-0.2, -0.15) is 0 Å². The number of alkyl halides is 1. The van der Waals surface area contributed by atoms with Crippen molar-refractivity contribution in [1.82, 2.24) is 14.8 Å². The maximum absolute atomic E-state index is 14.0. The van der Waals surface area contributed by atoms with Gasteiger partial charge in [-0.25, -0.2) is 4.79 Å². The molecule has 12 heteroatoms. The molecule has 2 heterocycles. The van der Waals surface area contributed by atoms with Crippen LogP contribution in [-0.2, 0) is 20.7 Å². The van der Waals surface area contributed by atoms with E-state index < -0.39 is 27.8 Å². The predicted octanol–water partition coefficient (Wildman–Crippen LogP) is 5.43. The van der Waals surface area contributed by atoms with Crippen molar-refractivity contribution in [2.45, 2.75) is 55.9 Å². The molecule has 2 aromatic rings. The minimum absolute atomic E-state index is 0.144. The fourth-order valence-corrected chi connectivity index (χ4v) is 7.90. The molecule has 43 heavy (non-hydrogen) atoms. The number of benzene rings is 1. The number of ketones is 1. The van der Waals surface area contributed by atoms with Gasteiger partial charge in [0.05, 0.1) is 33.3 Å². The van der Waals surface area contributed by atoms with Crippen LogP contribution in [0.15, 0.2) is 41.7 Å². The maximum atomic E-state index is 14.0. The number of ether oxygens (including phenoxy) is 1. The van der Waals surface area contributed by atoms with E-state index in [9.17, 15) is 14.4 Å². The van der Waals surface area contributed by atoms with Crippen molar-refractivity contribution in [2.24, 2.45) is 10.4 Å². The Morgan fingerprint density at radius 1 is 1.09 bits per heavy atom. The number of nitrogens with one attached hydrogen (secondary N) is 1. The minimum Gasteiger partial charge on any atom is -0.463 e. The summed E-state index contributed by atoms with van der Waals surface area (Å²) in [5, 5.41) is 3.14. The normalized spacial score (nSPS) is 23.0. The van der Waals surface area contributed by atoms with E-state index in [0.29, 0.717) is 18.8 Å². The molecular formula is C31H36BrCl2N5O4. The second-order valence-corrected chi connectivity index (χ2v) is 13.2. The summed E-state index contributed by atoms with van der Waals surface area (Å²) >= 11 is 15.9. The van der Waals surface area contributed by atoms with Crippen LogP contribution in [-0.4, -0.2) is 88.5 Å². The number of likely N-dealkylation sites (N-methyl/N-ethyl adjacent to an activating group) is 1. The first-order valence-electron chi connectivity index (χ1n) is 14.7. The Kier molecular flexibility index (Phi) is 9.92. The number of aromatic nitrogens is 1. The van der Waals surface area contributed by atoms with Gasteiger partial charge in [0.1, 0.15) is 4.83 Å². The molecule has 5 rings (SSSR count). The molecule has 1 aromatic carbocycles. The predicted molar refractivity (Wildman–Crippen MR) is 171 cm³/mol. The molecule has 9 nitrogen and oxygen atoms in total. The van der Waals surface area contributed by atoms with Gasteiger partial charge in [0.25, 0.3) is 5.91 Å². The van der Waals surface area contributed by atoms with Crippen LogP contribution in [0.2, 0.25) is 10.0 Å². The van der Waals surface area contributed by atoms with Crippen molar-refractivity contribution in [1.29, 1.82) is 0 Å². The average molecular weight is 693 g/mol. The number of rotatable bonds is 8. The second kappa shape index (κ2) is 13.3. The zero-order chi connectivity index (χ0) is 30.8. The zero-order valence-electron chi connectivity index (χ0n) is 24.4. The first-order valence-corrected chi connectivity index (χ1v) is 16.4. The van der Waals surface area contributed by atoms with Crippen LogP contribution in [0.25, 0.3) is 0 Å². The SMILES string of the molecule is CCOC(=O)[C@@](Cc1ccc(NC(=O)c2c(Cl)cncc2Cl)cc1)(N=C1C(Br)C(=O)C12CCCCC2)N1CCN(C)CC1. The zero-order valence-corrected chi connectivity index (χ0v) is 27.5. The average Bonchev–Trinajstić information content (AvgIpc) is 3.00. The molecular weight excluding hydrogens is 657 g/mol. The Hall–Kier alpha value is -2.37. The van der Waals surface area contributed by atoms with Crippen LogP contribution in [0.3, 0.4) is 0 Å². The molecule has 0 radical (unpaired) electrons. The van der Waals surface area contributed by atoms with E-state index >= 15 is 0 Å². The molecule has 2 saturated carbocycles. The highest BCUT2D eigenvalue weighted by Gasteiger charge is 2.60. The number of pyridine rings is 1. The largest absolute Gasteiger partial charge is 0.463 e. The first-order chi connectivity index (χ1) is 20.6. The lowest BCUT2D eigenvalue weighted by molar-refractivity contribution is -0.159. The van der Waals surface area contributed by atoms with Gasteiger partial charge in [-0.05, 0) is 44.5 Å². The van der Waals surface area contributed by atoms with Crippen molar-refractivity contribution in [2.75, 3.05) is 45.2 Å². The molecule has 1 aromatic heterocycles. The summed E-state index contributed by atoms with van der Waals surface area (Å²) in [5.74, 6) is -0.710. The van der Waals surface area contributed by atoms with E-state index in [-0.39, 0.29) is 34.4 Å². The van der Waals surface area contributed by atoms with Gasteiger partial charge < -0.3 is 15.0 Å². The summed E-state index contributed by atoms with van der Waals surface area (Å²) in [4.78, 5) is 53.2. The first kappa shape index (κ1) is 32.0. The van der Waals surface area contributed by atoms with Crippen molar-refractivity contribution < 1.29 is 19.1 Å². The Balaban J connectivity index is 1.50. The van der Waals surface area contributed by atoms with E-state index in [1.165, 1.54) is 12.4 Å². The van der Waals surface area contributed by atoms with Crippen LogP contribution in [0, 0.1) is 5.41 Å². The number of piperazine rings is 1. The molecule has 1 N–H and O–H groups in total. The molecule has 0 bridgehead atoms. The smallest absolute Gasteiger partial charge is 0.349 e. The summed E-state index contributed by atoms with van der Waals surface area (Å²) in [7, 11) is 2.06. The van der Waals surface area contributed by atoms with Crippen LogP contribution in [0.5, 0.6) is 0 Å². The van der Waals surface area contributed by atoms with Crippen LogP contribution in [0.4, 0.5) is 5.69 Å². The molecule has 1 spiro atoms. The third-order valence-corrected chi connectivity index (χ3v) is 10.2. The number of amides is 1. The molecule has 1 saturated heterocycles. The number of carbonyl (C=O) groups excluding carboxylic acids is 3. The van der Waals surface area contributed by atoms with Gasteiger partial charge in [-0.1, -0.05) is 70.5 Å². The molecule has 2 aliphatic carbocycles. The minimum atomic E-state index is -1.34. The third-order valence-electron chi connectivity index (χ3n) is 8.82. The number of nitrogens with zero attached hydrogens (tertiary/aromatic N) is 4. The van der Waals surface area contributed by atoms with Gasteiger partial charge >= 0.3 is 5.97 Å². The quantitative estimate of drug-likeness (QED) is 0.291. The number of hydrogen-bond acceptors (Lipinski definition) is 8. The summed E-state index contributed by atoms with van der Waals surface area (Å²) in [5.41, 5.74) is 0.331. The van der Waals surface area contributed by atoms with Crippen LogP contribution in [0.1, 0.15) is 54.9 Å². The van der Waals surface area contributed by atoms with E-state index in [2.05, 4.69) is 43.1 Å². The summed E-state index contributed by atoms with van der Waals surface area (Å²) in [6.45, 7) is 4.81. The number of esters is 1. The van der Waals surface area contributed by atoms with Crippen molar-refractivity contribution in [3.63, 3.8) is 0 Å². The lowest BCUT2D eigenvalue weighted by atomic mass is 9.58. The van der Waals surface area contributed by atoms with E-state index in [4.69, 9.17) is 32.9 Å². The molecule has 3 fully saturated rings. The molecule has 230 valence electrons. The van der Waals surface area contributed by atoms with Gasteiger partial charge in [-0.3, -0.25) is 24.5 Å². The van der Waals surface area contributed by atoms with Gasteiger partial charge in [0.2, 0.25) is 5.66 Å². The lowest BCUT2D eigenvalue weighted by Gasteiger charge is -2.50. The van der Waals surface area contributed by atoms with E-state index in [1.807, 2.05) is 12.1 Å². The van der Waals surface area contributed by atoms with Crippen LogP contribution >= 0.6 is 39.1 Å². The van der Waals surface area contributed by atoms with Crippen LogP contribution < -0.4 is 5.32 Å². The highest BCUT2D eigenvalue weighted by molar-refractivity contribution is 9.10. The number of hydrogen-bond donors (Lipinski definition) is 1. The van der Waals surface area contributed by atoms with E-state index in [1.54, 1.807) is 19.1 Å². The third kappa shape index (κ3) is 6.27. The highest BCUT2D eigenvalue weighted by Crippen LogP contribution is 2.50. The maximum Gasteiger partial charge on any atom is 0.349 e. The van der Waals surface area contributed by atoms with Gasteiger partial charge in [0, 0.05) is 50.7 Å². The Morgan fingerprint density at radius 2 is 1.72 bits per heavy atom. The fourth-order valence-electron chi connectivity index (χ4n) is 6.38. The number of anilines is 1. The molecule has 3 aliphatic rings. The molecule has 2 atom stereocenters. The summed E-state index contributed by atoms with van der Waals surface area (Å²) < 4.78 is 5.73. The van der Waals surface area contributed by atoms with Gasteiger partial charge in [0.15, 0.2) is 5.78 Å². The van der Waals surface area contributed by atoms with Crippen molar-refractivity contribution in [3.8, 4) is 0 Å². The summed E-state index contributed by atoms with van der Waals surface area (Å²) in [6.07, 6.45) is 7.53. The van der Waals surface area contributed by atoms with Gasteiger partial charge in [-0.15, -0.1) is 0 Å². The highest BCUT2D eigenvalue weighted by atomic mass is 79.9. The van der Waals surface area contributed by atoms with Crippen molar-refractivity contribution in [3.05, 3.63) is 57.8 Å². The standard InChI is InChI=1S/C31H36BrCl2N5O4/c1-3-43-29(42)31(39-15-13-38(2)14-16-39,37-26-25(32)27(40)30(26)11-5-4-6-12-30)17-20-7-9-21(10-8-20)36-28(41)24-22(33)18-35-19-23(24)34/h7-10,18-19,25H,3-6,11-17H2,1-2H3,(H,36,41)/t25?,31-/m0/s1. The molecule has 1 amide bonds. The van der Waals surface area contributed by atoms with E-state index in [0.717, 1.165) is 56.5 Å². The Morgan fingerprint density at radius 3 is 2.33 bits per heavy atom. The number of halogens is 3. The second-order valence-electron chi connectivity index (χ2n) is 11.5. The van der Waals surface area contributed by atoms with Crippen molar-refractivity contribution >= 4 is 68.2 Å². The lowest BCUT2D eigenvalue weighted by Crippen LogP contribution is -2.66. The monoisotopic (exact) mass is 691 g/mol. The fraction of sp³-hybridized carbons (Fsp3) is 0.516. The Bertz CT molecular complexity index is 1390. The topological polar surface area (TPSA) is 104 Å². The molecule has 1 aliphatic heterocycles. The molecule has 1 unspecified atom stereocenters. The number of carbonyl (C=O) groups is 3.